The van der Waals surface area contributed by atoms with Gasteiger partial charge in [-0.25, -0.2) is 4.98 Å². The van der Waals surface area contributed by atoms with E-state index in [4.69, 9.17) is 9.97 Å². The van der Waals surface area contributed by atoms with Crippen molar-refractivity contribution >= 4 is 17.2 Å². The smallest absolute Gasteiger partial charge is 0.228 e. The lowest BCUT2D eigenvalue weighted by atomic mass is 9.88. The van der Waals surface area contributed by atoms with Gasteiger partial charge in [0.2, 0.25) is 5.95 Å². The highest BCUT2D eigenvalue weighted by Gasteiger charge is 2.29. The van der Waals surface area contributed by atoms with Crippen LogP contribution in [0.3, 0.4) is 0 Å². The first-order valence-corrected chi connectivity index (χ1v) is 11.4. The van der Waals surface area contributed by atoms with Crippen molar-refractivity contribution in [3.05, 3.63) is 77.3 Å². The van der Waals surface area contributed by atoms with Crippen LogP contribution in [0.1, 0.15) is 55.7 Å². The molecule has 1 aromatic carbocycles. The normalized spacial score (nSPS) is 17.7. The minimum absolute atomic E-state index is 0.312. The molecular formula is C26H26N6. The molecule has 0 spiro atoms. The molecule has 2 aliphatic carbocycles. The largest absolute Gasteiger partial charge is 0.351 e. The van der Waals surface area contributed by atoms with Crippen molar-refractivity contribution in [2.45, 2.75) is 51.5 Å². The van der Waals surface area contributed by atoms with E-state index in [2.05, 4.69) is 53.5 Å². The van der Waals surface area contributed by atoms with E-state index in [1.165, 1.54) is 16.7 Å². The average Bonchev–Trinajstić information content (AvgIpc) is 3.41. The van der Waals surface area contributed by atoms with Crippen molar-refractivity contribution in [3.63, 3.8) is 0 Å². The molecule has 1 atom stereocenters. The maximum atomic E-state index is 4.89. The highest BCUT2D eigenvalue weighted by Crippen LogP contribution is 2.42. The molecular weight excluding hydrogens is 396 g/mol. The number of pyridine rings is 1. The van der Waals surface area contributed by atoms with Gasteiger partial charge in [-0.3, -0.25) is 4.98 Å². The Morgan fingerprint density at radius 3 is 2.81 bits per heavy atom. The summed E-state index contributed by atoms with van der Waals surface area (Å²) in [5.74, 6) is 1.76. The Morgan fingerprint density at radius 2 is 1.97 bits per heavy atom. The van der Waals surface area contributed by atoms with Gasteiger partial charge in [0, 0.05) is 29.6 Å². The monoisotopic (exact) mass is 422 g/mol. The summed E-state index contributed by atoms with van der Waals surface area (Å²) in [5, 5.41) is 8.37. The highest BCUT2D eigenvalue weighted by molar-refractivity contribution is 5.77. The average molecular weight is 423 g/mol. The number of nitrogens with one attached hydrogen (secondary N) is 1. The first kappa shape index (κ1) is 19.2. The number of aromatic nitrogens is 5. The first-order valence-electron chi connectivity index (χ1n) is 11.4. The van der Waals surface area contributed by atoms with Crippen molar-refractivity contribution in [1.29, 1.82) is 0 Å². The summed E-state index contributed by atoms with van der Waals surface area (Å²) in [6.45, 7) is 4.34. The molecule has 6 nitrogen and oxygen atoms in total. The summed E-state index contributed by atoms with van der Waals surface area (Å²) in [5.41, 5.74) is 8.92. The molecule has 3 aromatic heterocycles. The second-order valence-electron chi connectivity index (χ2n) is 9.10. The van der Waals surface area contributed by atoms with Crippen LogP contribution < -0.4 is 5.32 Å². The number of anilines is 1. The van der Waals surface area contributed by atoms with Crippen molar-refractivity contribution in [2.24, 2.45) is 0 Å². The molecule has 0 saturated carbocycles. The molecule has 4 aromatic rings. The van der Waals surface area contributed by atoms with Gasteiger partial charge < -0.3 is 5.32 Å². The van der Waals surface area contributed by atoms with Crippen molar-refractivity contribution in [3.8, 4) is 11.4 Å². The van der Waals surface area contributed by atoms with Gasteiger partial charge in [0.1, 0.15) is 0 Å². The third-order valence-corrected chi connectivity index (χ3v) is 6.69. The van der Waals surface area contributed by atoms with Gasteiger partial charge in [-0.1, -0.05) is 43.7 Å². The number of rotatable bonds is 4. The van der Waals surface area contributed by atoms with Crippen LogP contribution in [0, 0.1) is 0 Å². The number of hydrogen-bond acceptors (Lipinski definition) is 5. The van der Waals surface area contributed by atoms with Crippen LogP contribution in [0.25, 0.3) is 22.6 Å². The van der Waals surface area contributed by atoms with Gasteiger partial charge in [-0.05, 0) is 60.4 Å². The molecule has 0 unspecified atom stereocenters. The van der Waals surface area contributed by atoms with Crippen LogP contribution in [-0.4, -0.2) is 30.6 Å². The predicted molar refractivity (Wildman–Crippen MR) is 126 cm³/mol. The molecule has 0 saturated heterocycles. The quantitative estimate of drug-likeness (QED) is 0.484. The summed E-state index contributed by atoms with van der Waals surface area (Å²) in [6.07, 6.45) is 9.85. The summed E-state index contributed by atoms with van der Waals surface area (Å²) in [4.78, 5) is 14.0. The molecule has 0 aliphatic heterocycles. The zero-order chi connectivity index (χ0) is 21.7. The van der Waals surface area contributed by atoms with E-state index in [1.54, 1.807) is 11.8 Å². The lowest BCUT2D eigenvalue weighted by Crippen LogP contribution is -2.25. The van der Waals surface area contributed by atoms with E-state index < -0.39 is 0 Å². The first-order chi connectivity index (χ1) is 15.7. The SMILES string of the molecule is CC(C)c1cnn2c(N[C@@H]3CCC4=C(C3)c3ccccc3C4)nc(-c3cccnc3)nc12. The van der Waals surface area contributed by atoms with Gasteiger partial charge in [0.25, 0.3) is 0 Å². The number of allylic oxidation sites excluding steroid dienone is 1. The molecule has 3 heterocycles. The molecule has 32 heavy (non-hydrogen) atoms. The fourth-order valence-corrected chi connectivity index (χ4v) is 5.01. The van der Waals surface area contributed by atoms with E-state index in [0.717, 1.165) is 48.4 Å². The van der Waals surface area contributed by atoms with Crippen molar-refractivity contribution < 1.29 is 0 Å². The highest BCUT2D eigenvalue weighted by atomic mass is 15.4. The second-order valence-corrected chi connectivity index (χ2v) is 9.10. The Kier molecular flexibility index (Phi) is 4.52. The second kappa shape index (κ2) is 7.55. The lowest BCUT2D eigenvalue weighted by molar-refractivity contribution is 0.625. The number of benzene rings is 1. The third kappa shape index (κ3) is 3.18. The molecule has 0 fully saturated rings. The van der Waals surface area contributed by atoms with Crippen LogP contribution in [0.5, 0.6) is 0 Å². The number of nitrogens with zero attached hydrogens (tertiary/aromatic N) is 5. The van der Waals surface area contributed by atoms with Crippen LogP contribution in [0.15, 0.2) is 60.6 Å². The van der Waals surface area contributed by atoms with Gasteiger partial charge in [-0.15, -0.1) is 0 Å². The Labute approximate surface area is 187 Å². The van der Waals surface area contributed by atoms with Crippen molar-refractivity contribution in [2.75, 3.05) is 5.32 Å². The maximum Gasteiger partial charge on any atom is 0.228 e. The zero-order valence-corrected chi connectivity index (χ0v) is 18.4. The Hall–Kier alpha value is -3.54. The summed E-state index contributed by atoms with van der Waals surface area (Å²) < 4.78 is 1.86. The predicted octanol–water partition coefficient (Wildman–Crippen LogP) is 5.28. The fourth-order valence-electron chi connectivity index (χ4n) is 5.01. The van der Waals surface area contributed by atoms with Crippen LogP contribution in [0.4, 0.5) is 5.95 Å². The van der Waals surface area contributed by atoms with Crippen LogP contribution in [-0.2, 0) is 6.42 Å². The Balaban J connectivity index is 1.38. The van der Waals surface area contributed by atoms with Gasteiger partial charge in [0.05, 0.1) is 6.20 Å². The summed E-state index contributed by atoms with van der Waals surface area (Å²) >= 11 is 0. The molecule has 0 bridgehead atoms. The third-order valence-electron chi connectivity index (χ3n) is 6.69. The Morgan fingerprint density at radius 1 is 1.06 bits per heavy atom. The molecule has 6 rings (SSSR count). The van der Waals surface area contributed by atoms with Crippen LogP contribution in [0.2, 0.25) is 0 Å². The molecule has 6 heteroatoms. The molecule has 160 valence electrons. The topological polar surface area (TPSA) is 68.0 Å². The summed E-state index contributed by atoms with van der Waals surface area (Å²) in [6, 6.07) is 13.1. The number of hydrogen-bond donors (Lipinski definition) is 1. The van der Waals surface area contributed by atoms with Gasteiger partial charge in [0.15, 0.2) is 11.5 Å². The van der Waals surface area contributed by atoms with Gasteiger partial charge >= 0.3 is 0 Å². The maximum absolute atomic E-state index is 4.89. The molecule has 0 amide bonds. The Bertz CT molecular complexity index is 1340. The summed E-state index contributed by atoms with van der Waals surface area (Å²) in [7, 11) is 0. The van der Waals surface area contributed by atoms with E-state index in [9.17, 15) is 0 Å². The number of fused-ring (bicyclic) bond motifs is 3. The van der Waals surface area contributed by atoms with Crippen molar-refractivity contribution in [1.82, 2.24) is 24.6 Å². The fraction of sp³-hybridized carbons (Fsp3) is 0.308. The zero-order valence-electron chi connectivity index (χ0n) is 18.4. The van der Waals surface area contributed by atoms with Crippen LogP contribution >= 0.6 is 0 Å². The minimum atomic E-state index is 0.312. The van der Waals surface area contributed by atoms with E-state index in [1.807, 2.05) is 29.0 Å². The van der Waals surface area contributed by atoms with E-state index in [0.29, 0.717) is 17.8 Å². The molecule has 2 aliphatic rings. The molecule has 1 N–H and O–H groups in total. The standard InChI is InChI=1S/C26H26N6/c1-16(2)23-15-28-32-25(23)30-24(19-7-5-11-27-14-19)31-26(32)29-20-10-9-18-12-17-6-3-4-8-21(17)22(18)13-20/h3-8,11,14-16,20H,9-10,12-13H2,1-2H3,(H,29,30,31)/t20-/m1/s1. The molecule has 0 radical (unpaired) electrons. The lowest BCUT2D eigenvalue weighted by Gasteiger charge is -2.26. The minimum Gasteiger partial charge on any atom is -0.351 e. The van der Waals surface area contributed by atoms with E-state index >= 15 is 0 Å². The van der Waals surface area contributed by atoms with E-state index in [-0.39, 0.29) is 0 Å². The van der Waals surface area contributed by atoms with Gasteiger partial charge in [-0.2, -0.15) is 14.6 Å².